The maximum atomic E-state index is 11.0. The molecule has 34 heavy (non-hydrogen) atoms. The molecule has 1 aromatic carbocycles. The lowest BCUT2D eigenvalue weighted by atomic mass is 10.00. The van der Waals surface area contributed by atoms with Gasteiger partial charge in [-0.1, -0.05) is 49.9 Å². The molecule has 0 amide bonds. The first-order valence-corrected chi connectivity index (χ1v) is 12.1. The van der Waals surface area contributed by atoms with Crippen LogP contribution in [0.25, 0.3) is 27.7 Å². The summed E-state index contributed by atoms with van der Waals surface area (Å²) in [5, 5.41) is 27.4. The second-order valence-corrected chi connectivity index (χ2v) is 9.50. The Hall–Kier alpha value is -3.41. The second-order valence-electron chi connectivity index (χ2n) is 9.50. The Labute approximate surface area is 200 Å². The molecule has 6 nitrogen and oxygen atoms in total. The number of benzene rings is 1. The summed E-state index contributed by atoms with van der Waals surface area (Å²) in [6.07, 6.45) is 11.5. The van der Waals surface area contributed by atoms with Crippen LogP contribution in [0.4, 0.5) is 0 Å². The van der Waals surface area contributed by atoms with Crippen molar-refractivity contribution in [3.8, 4) is 11.1 Å². The molecule has 0 saturated heterocycles. The molecule has 3 aromatic rings. The lowest BCUT2D eigenvalue weighted by Crippen LogP contribution is -2.09. The van der Waals surface area contributed by atoms with E-state index in [0.717, 1.165) is 39.8 Å². The quantitative estimate of drug-likeness (QED) is 0.210. The van der Waals surface area contributed by atoms with Crippen LogP contribution >= 0.6 is 0 Å². The molecule has 2 heterocycles. The number of hydrogen-bond acceptors (Lipinski definition) is 4. The predicted octanol–water partition coefficient (Wildman–Crippen LogP) is 6.63. The number of rotatable bonds is 7. The van der Waals surface area contributed by atoms with Gasteiger partial charge in [0, 0.05) is 41.4 Å². The molecule has 3 N–H and O–H groups in total. The van der Waals surface area contributed by atoms with E-state index in [2.05, 4.69) is 10.8 Å². The van der Waals surface area contributed by atoms with Gasteiger partial charge in [0.15, 0.2) is 0 Å². The first-order valence-electron chi connectivity index (χ1n) is 12.1. The highest BCUT2D eigenvalue weighted by atomic mass is 16.4. The molecule has 1 fully saturated rings. The lowest BCUT2D eigenvalue weighted by Gasteiger charge is -2.16. The summed E-state index contributed by atoms with van der Waals surface area (Å²) >= 11 is 0. The molecule has 178 valence electrons. The smallest absolute Gasteiger partial charge is 0.307 e. The summed E-state index contributed by atoms with van der Waals surface area (Å²) in [6.45, 7) is 4.19. The van der Waals surface area contributed by atoms with E-state index >= 15 is 0 Å². The number of aromatic nitrogens is 2. The Morgan fingerprint density at radius 2 is 1.76 bits per heavy atom. The Morgan fingerprint density at radius 1 is 1.09 bits per heavy atom. The van der Waals surface area contributed by atoms with Crippen molar-refractivity contribution in [3.63, 3.8) is 0 Å². The zero-order chi connectivity index (χ0) is 24.2. The van der Waals surface area contributed by atoms with Crippen LogP contribution in [0.15, 0.2) is 48.5 Å². The number of aliphatic hydroxyl groups excluding tert-OH is 1. The molecular weight excluding hydrogens is 426 g/mol. The highest BCUT2D eigenvalue weighted by molar-refractivity contribution is 6.22. The van der Waals surface area contributed by atoms with E-state index in [0.29, 0.717) is 17.2 Å². The van der Waals surface area contributed by atoms with Crippen LogP contribution in [-0.4, -0.2) is 31.4 Å². The monoisotopic (exact) mass is 459 g/mol. The fourth-order valence-electron chi connectivity index (χ4n) is 5.16. The third-order valence-corrected chi connectivity index (χ3v) is 6.79. The van der Waals surface area contributed by atoms with Gasteiger partial charge in [0.25, 0.3) is 0 Å². The third kappa shape index (κ3) is 5.22. The van der Waals surface area contributed by atoms with E-state index in [1.54, 1.807) is 20.0 Å². The molecule has 6 heteroatoms. The maximum absolute atomic E-state index is 11.0. The van der Waals surface area contributed by atoms with Crippen molar-refractivity contribution in [3.05, 3.63) is 59.6 Å². The van der Waals surface area contributed by atoms with E-state index in [1.807, 2.05) is 30.3 Å². The molecule has 0 aliphatic heterocycles. The van der Waals surface area contributed by atoms with E-state index < -0.39 is 5.97 Å². The average molecular weight is 460 g/mol. The number of carbonyl (C=O) groups is 1. The van der Waals surface area contributed by atoms with Crippen molar-refractivity contribution in [2.24, 2.45) is 5.92 Å². The van der Waals surface area contributed by atoms with Crippen molar-refractivity contribution >= 4 is 28.3 Å². The average Bonchev–Trinajstić information content (AvgIpc) is 2.93. The zero-order valence-electron chi connectivity index (χ0n) is 20.0. The topological polar surface area (TPSA) is 99.2 Å². The molecule has 0 unspecified atom stereocenters. The Kier molecular flexibility index (Phi) is 7.15. The molecule has 0 atom stereocenters. The summed E-state index contributed by atoms with van der Waals surface area (Å²) < 4.78 is 2.28. The molecule has 1 saturated carbocycles. The van der Waals surface area contributed by atoms with Crippen LogP contribution in [0.1, 0.15) is 63.5 Å². The van der Waals surface area contributed by atoms with Gasteiger partial charge in [0.05, 0.1) is 23.2 Å². The summed E-state index contributed by atoms with van der Waals surface area (Å²) in [7, 11) is 0. The lowest BCUT2D eigenvalue weighted by molar-refractivity contribution is -0.136. The Balaban J connectivity index is 1.80. The number of allylic oxidation sites excluding steroid dienone is 2. The van der Waals surface area contributed by atoms with E-state index in [1.165, 1.54) is 38.5 Å². The summed E-state index contributed by atoms with van der Waals surface area (Å²) in [5.74, 6) is -0.108. The maximum Gasteiger partial charge on any atom is 0.307 e. The van der Waals surface area contributed by atoms with Crippen molar-refractivity contribution in [1.82, 2.24) is 9.55 Å². The van der Waals surface area contributed by atoms with Gasteiger partial charge < -0.3 is 20.2 Å². The molecule has 0 spiro atoms. The number of fused-ring (bicyclic) bond motifs is 1. The number of nitrogens with zero attached hydrogens (tertiary/aromatic N) is 2. The number of aliphatic hydroxyl groups is 1. The highest BCUT2D eigenvalue weighted by Gasteiger charge is 2.19. The van der Waals surface area contributed by atoms with E-state index in [4.69, 9.17) is 15.5 Å². The molecule has 1 aliphatic rings. The van der Waals surface area contributed by atoms with Crippen molar-refractivity contribution in [2.75, 3.05) is 0 Å². The van der Waals surface area contributed by atoms with Gasteiger partial charge in [-0.2, -0.15) is 0 Å². The molecule has 1 aliphatic carbocycles. The normalized spacial score (nSPS) is 15.7. The largest absolute Gasteiger partial charge is 0.512 e. The van der Waals surface area contributed by atoms with Gasteiger partial charge in [0.1, 0.15) is 0 Å². The van der Waals surface area contributed by atoms with Gasteiger partial charge in [-0.05, 0) is 49.8 Å². The predicted molar refractivity (Wildman–Crippen MR) is 136 cm³/mol. The number of carboxylic acids is 1. The molecular formula is C28H33N3O3. The number of aliphatic carboxylic acids is 1. The van der Waals surface area contributed by atoms with Crippen LogP contribution in [0.3, 0.4) is 0 Å². The molecule has 2 aromatic heterocycles. The first kappa shape index (κ1) is 23.7. The number of nitrogens with one attached hydrogen (secondary N) is 1. The van der Waals surface area contributed by atoms with Crippen LogP contribution in [0.5, 0.6) is 0 Å². The first-order chi connectivity index (χ1) is 16.3. The summed E-state index contributed by atoms with van der Waals surface area (Å²) in [6, 6.07) is 9.68. The number of pyridine rings is 1. The van der Waals surface area contributed by atoms with E-state index in [9.17, 15) is 9.90 Å². The van der Waals surface area contributed by atoms with Crippen LogP contribution in [0, 0.1) is 11.3 Å². The molecule has 0 radical (unpaired) electrons. The van der Waals surface area contributed by atoms with Crippen LogP contribution < -0.4 is 0 Å². The Bertz CT molecular complexity index is 1230. The standard InChI is InChI=1S/C28H33N3O3/c1-18(29)27(19(2)32)23-14-25-28(30-15-23)24(22-11-9-20(10-12-22)13-26(33)34)17-31(25)16-21-7-5-3-4-6-8-21/h9-12,14-15,17,21,29,32H,3-8,13,16H2,1-2H3,(H,33,34)/b27-19+,29-18?. The zero-order valence-corrected chi connectivity index (χ0v) is 20.0. The molecule has 4 rings (SSSR count). The number of hydrogen-bond donors (Lipinski definition) is 3. The number of carboxylic acid groups (broad SMARTS) is 1. The van der Waals surface area contributed by atoms with Gasteiger partial charge in [-0.15, -0.1) is 0 Å². The second kappa shape index (κ2) is 10.2. The van der Waals surface area contributed by atoms with Crippen LogP contribution in [-0.2, 0) is 17.8 Å². The molecule has 0 bridgehead atoms. The van der Waals surface area contributed by atoms with Crippen molar-refractivity contribution in [1.29, 1.82) is 5.41 Å². The van der Waals surface area contributed by atoms with Gasteiger partial charge >= 0.3 is 5.97 Å². The fourth-order valence-corrected chi connectivity index (χ4v) is 5.16. The summed E-state index contributed by atoms with van der Waals surface area (Å²) in [4.78, 5) is 15.8. The Morgan fingerprint density at radius 3 is 2.35 bits per heavy atom. The minimum absolute atomic E-state index is 0.00390. The van der Waals surface area contributed by atoms with Gasteiger partial charge in [-0.25, -0.2) is 0 Å². The summed E-state index contributed by atoms with van der Waals surface area (Å²) in [5.41, 5.74) is 6.19. The van der Waals surface area contributed by atoms with Crippen LogP contribution in [0.2, 0.25) is 0 Å². The van der Waals surface area contributed by atoms with Gasteiger partial charge in [-0.3, -0.25) is 9.78 Å². The van der Waals surface area contributed by atoms with E-state index in [-0.39, 0.29) is 12.2 Å². The highest BCUT2D eigenvalue weighted by Crippen LogP contribution is 2.34. The van der Waals surface area contributed by atoms with Crippen molar-refractivity contribution < 1.29 is 15.0 Å². The third-order valence-electron chi connectivity index (χ3n) is 6.79. The fraction of sp³-hybridized carbons (Fsp3) is 0.393. The van der Waals surface area contributed by atoms with Crippen molar-refractivity contribution in [2.45, 2.75) is 65.3 Å². The van der Waals surface area contributed by atoms with Gasteiger partial charge in [0.2, 0.25) is 0 Å². The minimum atomic E-state index is -0.841. The minimum Gasteiger partial charge on any atom is -0.512 e. The SMILES string of the molecule is CC(=N)/C(=C(/C)O)c1cnc2c(-c3ccc(CC(=O)O)cc3)cn(CC3CCCCCC3)c2c1.